The maximum Gasteiger partial charge on any atom is 0.249 e. The van der Waals surface area contributed by atoms with E-state index in [1.165, 1.54) is 11.0 Å². The molecule has 0 radical (unpaired) electrons. The van der Waals surface area contributed by atoms with Crippen molar-refractivity contribution in [2.75, 3.05) is 5.32 Å². The highest BCUT2D eigenvalue weighted by Gasteiger charge is 2.23. The third-order valence-electron chi connectivity index (χ3n) is 3.51. The van der Waals surface area contributed by atoms with Gasteiger partial charge in [-0.05, 0) is 16.0 Å². The molecule has 0 saturated heterocycles. The number of hydrogen-bond acceptors (Lipinski definition) is 4. The molecular weight excluding hydrogens is 335 g/mol. The van der Waals surface area contributed by atoms with Gasteiger partial charge >= 0.3 is 0 Å². The first kappa shape index (κ1) is 16.6. The lowest BCUT2D eigenvalue weighted by Crippen LogP contribution is -2.28. The van der Waals surface area contributed by atoms with E-state index in [0.717, 1.165) is 5.56 Å². The number of tetrazole rings is 1. The number of anilines is 1. The zero-order valence-electron chi connectivity index (χ0n) is 12.7. The Labute approximate surface area is 140 Å². The summed E-state index contributed by atoms with van der Waals surface area (Å²) in [6.07, 6.45) is 1.52. The largest absolute Gasteiger partial charge is 0.324 e. The van der Waals surface area contributed by atoms with E-state index in [0.29, 0.717) is 12.1 Å². The SMILES string of the molecule is O=C(Nc1cc(F)c(F)c(F)c1)[C@H](Cc1ccccc1)n1cnnn1. The number of halogens is 3. The van der Waals surface area contributed by atoms with E-state index in [1.807, 2.05) is 30.3 Å². The third-order valence-corrected chi connectivity index (χ3v) is 3.51. The average Bonchev–Trinajstić information content (AvgIpc) is 3.12. The van der Waals surface area contributed by atoms with Crippen molar-refractivity contribution in [3.05, 3.63) is 71.8 Å². The molecule has 3 rings (SSSR count). The number of carbonyl (C=O) groups excluding carboxylic acids is 1. The maximum absolute atomic E-state index is 13.3. The van der Waals surface area contributed by atoms with E-state index in [-0.39, 0.29) is 12.1 Å². The number of amides is 1. The zero-order chi connectivity index (χ0) is 17.8. The van der Waals surface area contributed by atoms with E-state index in [9.17, 15) is 18.0 Å². The van der Waals surface area contributed by atoms with Crippen molar-refractivity contribution in [2.24, 2.45) is 0 Å². The van der Waals surface area contributed by atoms with E-state index >= 15 is 0 Å². The molecule has 1 atom stereocenters. The topological polar surface area (TPSA) is 72.7 Å². The molecule has 2 aromatic carbocycles. The fourth-order valence-electron chi connectivity index (χ4n) is 2.31. The van der Waals surface area contributed by atoms with Crippen LogP contribution >= 0.6 is 0 Å². The van der Waals surface area contributed by atoms with Crippen molar-refractivity contribution in [1.82, 2.24) is 20.2 Å². The van der Waals surface area contributed by atoms with E-state index in [4.69, 9.17) is 0 Å². The Morgan fingerprint density at radius 1 is 1.12 bits per heavy atom. The molecule has 0 saturated carbocycles. The van der Waals surface area contributed by atoms with Crippen molar-refractivity contribution in [3.8, 4) is 0 Å². The van der Waals surface area contributed by atoms with E-state index < -0.39 is 29.4 Å². The standard InChI is InChI=1S/C16H12F3N5O/c17-12-7-11(8-13(18)15(12)19)21-16(25)14(24-9-20-22-23-24)6-10-4-2-1-3-5-10/h1-5,7-9,14H,6H2,(H,21,25)/t14-/m0/s1. The molecule has 25 heavy (non-hydrogen) atoms. The molecule has 1 aromatic heterocycles. The Morgan fingerprint density at radius 2 is 1.80 bits per heavy atom. The summed E-state index contributed by atoms with van der Waals surface area (Å²) in [5, 5.41) is 13.1. The lowest BCUT2D eigenvalue weighted by molar-refractivity contribution is -0.119. The first-order valence-electron chi connectivity index (χ1n) is 7.26. The van der Waals surface area contributed by atoms with Crippen LogP contribution in [-0.2, 0) is 11.2 Å². The Balaban J connectivity index is 1.85. The second kappa shape index (κ2) is 7.12. The molecular formula is C16H12F3N5O. The molecule has 1 heterocycles. The Hall–Kier alpha value is -3.23. The van der Waals surface area contributed by atoms with Crippen molar-refractivity contribution in [1.29, 1.82) is 0 Å². The lowest BCUT2D eigenvalue weighted by atomic mass is 10.1. The zero-order valence-corrected chi connectivity index (χ0v) is 12.7. The van der Waals surface area contributed by atoms with Crippen LogP contribution in [0.5, 0.6) is 0 Å². The summed E-state index contributed by atoms with van der Waals surface area (Å²) in [7, 11) is 0. The van der Waals surface area contributed by atoms with Gasteiger partial charge in [-0.1, -0.05) is 30.3 Å². The van der Waals surface area contributed by atoms with Gasteiger partial charge in [0.2, 0.25) is 5.91 Å². The number of nitrogens with zero attached hydrogens (tertiary/aromatic N) is 4. The van der Waals surface area contributed by atoms with E-state index in [2.05, 4.69) is 20.8 Å². The Morgan fingerprint density at radius 3 is 2.40 bits per heavy atom. The number of aromatic nitrogens is 4. The molecule has 0 aliphatic carbocycles. The molecule has 0 unspecified atom stereocenters. The molecule has 1 N–H and O–H groups in total. The normalized spacial score (nSPS) is 12.0. The minimum absolute atomic E-state index is 0.201. The molecule has 0 spiro atoms. The quantitative estimate of drug-likeness (QED) is 0.720. The summed E-state index contributed by atoms with van der Waals surface area (Å²) in [6, 6.07) is 9.66. The molecule has 3 aromatic rings. The van der Waals surface area contributed by atoms with Gasteiger partial charge in [0.15, 0.2) is 17.5 Å². The molecule has 0 aliphatic heterocycles. The average molecular weight is 347 g/mol. The molecule has 6 nitrogen and oxygen atoms in total. The van der Waals surface area contributed by atoms with Crippen LogP contribution in [0.3, 0.4) is 0 Å². The van der Waals surface area contributed by atoms with Crippen molar-refractivity contribution in [2.45, 2.75) is 12.5 Å². The van der Waals surface area contributed by atoms with Gasteiger partial charge in [-0.3, -0.25) is 4.79 Å². The van der Waals surface area contributed by atoms with Gasteiger partial charge < -0.3 is 5.32 Å². The molecule has 1 amide bonds. The maximum atomic E-state index is 13.3. The monoisotopic (exact) mass is 347 g/mol. The molecule has 9 heteroatoms. The van der Waals surface area contributed by atoms with Crippen molar-refractivity contribution in [3.63, 3.8) is 0 Å². The fraction of sp³-hybridized carbons (Fsp3) is 0.125. The van der Waals surface area contributed by atoms with Crippen molar-refractivity contribution >= 4 is 11.6 Å². The number of benzene rings is 2. The lowest BCUT2D eigenvalue weighted by Gasteiger charge is -2.16. The number of carbonyl (C=O) groups is 1. The van der Waals surface area contributed by atoms with Crippen LogP contribution in [0.2, 0.25) is 0 Å². The number of rotatable bonds is 5. The fourth-order valence-corrected chi connectivity index (χ4v) is 2.31. The summed E-state index contributed by atoms with van der Waals surface area (Å²) < 4.78 is 40.9. The summed E-state index contributed by atoms with van der Waals surface area (Å²) in [5.74, 6) is -4.98. The molecule has 128 valence electrons. The first-order valence-corrected chi connectivity index (χ1v) is 7.26. The smallest absolute Gasteiger partial charge is 0.249 e. The number of nitrogens with one attached hydrogen (secondary N) is 1. The van der Waals surface area contributed by atoms with Gasteiger partial charge in [-0.15, -0.1) is 5.10 Å². The third kappa shape index (κ3) is 3.82. The van der Waals surface area contributed by atoms with Gasteiger partial charge in [0, 0.05) is 24.2 Å². The van der Waals surface area contributed by atoms with Crippen LogP contribution in [0.1, 0.15) is 11.6 Å². The predicted molar refractivity (Wildman–Crippen MR) is 81.9 cm³/mol. The second-order valence-electron chi connectivity index (χ2n) is 5.24. The van der Waals surface area contributed by atoms with Gasteiger partial charge in [0.05, 0.1) is 0 Å². The van der Waals surface area contributed by atoms with Crippen LogP contribution in [0.15, 0.2) is 48.8 Å². The second-order valence-corrected chi connectivity index (χ2v) is 5.24. The predicted octanol–water partition coefficient (Wildman–Crippen LogP) is 2.51. The van der Waals surface area contributed by atoms with Crippen LogP contribution < -0.4 is 5.32 Å². The Bertz CT molecular complexity index is 848. The highest BCUT2D eigenvalue weighted by molar-refractivity contribution is 5.93. The van der Waals surface area contributed by atoms with Crippen LogP contribution in [0, 0.1) is 17.5 Å². The highest BCUT2D eigenvalue weighted by Crippen LogP contribution is 2.20. The van der Waals surface area contributed by atoms with Crippen LogP contribution in [-0.4, -0.2) is 26.1 Å². The minimum atomic E-state index is -1.60. The summed E-state index contributed by atoms with van der Waals surface area (Å²) in [6.45, 7) is 0. The molecule has 0 aliphatic rings. The summed E-state index contributed by atoms with van der Waals surface area (Å²) in [4.78, 5) is 12.6. The van der Waals surface area contributed by atoms with Gasteiger partial charge in [0.1, 0.15) is 12.4 Å². The van der Waals surface area contributed by atoms with Crippen LogP contribution in [0.25, 0.3) is 0 Å². The first-order chi connectivity index (χ1) is 12.0. The van der Waals surface area contributed by atoms with E-state index in [1.54, 1.807) is 0 Å². The summed E-state index contributed by atoms with van der Waals surface area (Å²) >= 11 is 0. The molecule has 0 bridgehead atoms. The van der Waals surface area contributed by atoms with Crippen molar-refractivity contribution < 1.29 is 18.0 Å². The van der Waals surface area contributed by atoms with Gasteiger partial charge in [0.25, 0.3) is 0 Å². The minimum Gasteiger partial charge on any atom is -0.324 e. The number of hydrogen-bond donors (Lipinski definition) is 1. The summed E-state index contributed by atoms with van der Waals surface area (Å²) in [5.41, 5.74) is 0.641. The molecule has 0 fully saturated rings. The highest BCUT2D eigenvalue weighted by atomic mass is 19.2. The van der Waals surface area contributed by atoms with Gasteiger partial charge in [-0.2, -0.15) is 0 Å². The van der Waals surface area contributed by atoms with Crippen LogP contribution in [0.4, 0.5) is 18.9 Å². The Kier molecular flexibility index (Phi) is 4.73. The van der Waals surface area contributed by atoms with Gasteiger partial charge in [-0.25, -0.2) is 17.9 Å².